The van der Waals surface area contributed by atoms with Gasteiger partial charge in [0.2, 0.25) is 0 Å². The summed E-state index contributed by atoms with van der Waals surface area (Å²) in [5, 5.41) is 12.0. The van der Waals surface area contributed by atoms with Crippen molar-refractivity contribution in [2.24, 2.45) is 0 Å². The van der Waals surface area contributed by atoms with E-state index in [1.54, 1.807) is 12.3 Å². The van der Waals surface area contributed by atoms with Crippen molar-refractivity contribution in [3.63, 3.8) is 0 Å². The van der Waals surface area contributed by atoms with Crippen LogP contribution in [0.25, 0.3) is 21.6 Å². The van der Waals surface area contributed by atoms with Crippen LogP contribution in [0.1, 0.15) is 5.56 Å². The molecule has 3 aromatic heterocycles. The van der Waals surface area contributed by atoms with Crippen LogP contribution in [-0.4, -0.2) is 26.2 Å². The van der Waals surface area contributed by atoms with Gasteiger partial charge in [0.05, 0.1) is 28.0 Å². The van der Waals surface area contributed by atoms with Crippen LogP contribution in [0.5, 0.6) is 0 Å². The van der Waals surface area contributed by atoms with E-state index in [4.69, 9.17) is 0 Å². The molecule has 0 spiro atoms. The number of anilines is 2. The number of rotatable bonds is 3. The van der Waals surface area contributed by atoms with Crippen molar-refractivity contribution in [3.8, 4) is 10.6 Å². The third-order valence-electron chi connectivity index (χ3n) is 3.82. The van der Waals surface area contributed by atoms with E-state index in [-0.39, 0.29) is 5.13 Å². The van der Waals surface area contributed by atoms with E-state index in [0.29, 0.717) is 34.4 Å². The van der Waals surface area contributed by atoms with Gasteiger partial charge in [-0.05, 0) is 30.3 Å². The largest absolute Gasteiger partial charge is 0.416 e. The maximum absolute atomic E-state index is 13.7. The summed E-state index contributed by atoms with van der Waals surface area (Å²) in [6, 6.07) is 4.39. The van der Waals surface area contributed by atoms with Gasteiger partial charge < -0.3 is 5.32 Å². The number of hydrogen-bond acceptors (Lipinski definition) is 5. The van der Waals surface area contributed by atoms with E-state index in [1.807, 2.05) is 6.07 Å². The quantitative estimate of drug-likeness (QED) is 0.410. The SMILES string of the molecule is O=C(Nc1ncc(-c2ccc3cn[nH]c3n2)s1)Nc1cc(C(F)(F)F)ccc1F. The second-order valence-electron chi connectivity index (χ2n) is 5.81. The van der Waals surface area contributed by atoms with Crippen molar-refractivity contribution in [2.45, 2.75) is 6.18 Å². The summed E-state index contributed by atoms with van der Waals surface area (Å²) in [6.45, 7) is 0. The Hall–Kier alpha value is -3.54. The van der Waals surface area contributed by atoms with Crippen molar-refractivity contribution in [2.75, 3.05) is 10.6 Å². The van der Waals surface area contributed by atoms with Crippen LogP contribution in [0.4, 0.5) is 33.2 Å². The first-order chi connectivity index (χ1) is 13.8. The van der Waals surface area contributed by atoms with Crippen LogP contribution in [0.3, 0.4) is 0 Å². The van der Waals surface area contributed by atoms with Crippen LogP contribution >= 0.6 is 11.3 Å². The first kappa shape index (κ1) is 18.8. The highest BCUT2D eigenvalue weighted by molar-refractivity contribution is 7.19. The number of pyridine rings is 1. The summed E-state index contributed by atoms with van der Waals surface area (Å²) in [5.41, 5.74) is -0.494. The molecule has 0 aliphatic heterocycles. The fourth-order valence-electron chi connectivity index (χ4n) is 2.46. The molecule has 4 rings (SSSR count). The number of nitrogens with one attached hydrogen (secondary N) is 3. The zero-order chi connectivity index (χ0) is 20.6. The molecule has 0 fully saturated rings. The topological polar surface area (TPSA) is 95.6 Å². The second kappa shape index (κ2) is 7.13. The highest BCUT2D eigenvalue weighted by atomic mass is 32.1. The summed E-state index contributed by atoms with van der Waals surface area (Å²) in [5.74, 6) is -0.995. The van der Waals surface area contributed by atoms with Gasteiger partial charge in [-0.15, -0.1) is 0 Å². The number of alkyl halides is 3. The van der Waals surface area contributed by atoms with Crippen molar-refractivity contribution < 1.29 is 22.4 Å². The number of amides is 2. The number of carbonyl (C=O) groups excluding carboxylic acids is 1. The average molecular weight is 422 g/mol. The van der Waals surface area contributed by atoms with Gasteiger partial charge in [-0.3, -0.25) is 10.4 Å². The van der Waals surface area contributed by atoms with E-state index in [1.165, 1.54) is 6.20 Å². The normalized spacial score (nSPS) is 11.6. The number of halogens is 4. The number of hydrogen-bond donors (Lipinski definition) is 3. The third kappa shape index (κ3) is 4.01. The standard InChI is InChI=1S/C17H10F4N6OS/c18-10-3-2-9(17(19,20)21)5-12(10)25-15(28)26-16-22-7-13(29-16)11-4-1-8-6-23-27-14(8)24-11/h1-7H,(H,23,24,27)(H2,22,25,26,28). The third-order valence-corrected chi connectivity index (χ3v) is 4.76. The Morgan fingerprint density at radius 3 is 2.72 bits per heavy atom. The van der Waals surface area contributed by atoms with E-state index < -0.39 is 29.3 Å². The molecule has 0 aliphatic rings. The lowest BCUT2D eigenvalue weighted by molar-refractivity contribution is -0.137. The number of nitrogens with zero attached hydrogens (tertiary/aromatic N) is 3. The van der Waals surface area contributed by atoms with Gasteiger partial charge in [0.15, 0.2) is 10.8 Å². The van der Waals surface area contributed by atoms with E-state index in [2.05, 4.69) is 30.8 Å². The molecule has 148 valence electrons. The van der Waals surface area contributed by atoms with Gasteiger partial charge >= 0.3 is 12.2 Å². The molecule has 7 nitrogen and oxygen atoms in total. The van der Waals surface area contributed by atoms with E-state index in [0.717, 1.165) is 16.7 Å². The Morgan fingerprint density at radius 1 is 1.10 bits per heavy atom. The Balaban J connectivity index is 1.48. The molecule has 29 heavy (non-hydrogen) atoms. The number of urea groups is 1. The first-order valence-corrected chi connectivity index (χ1v) is 8.82. The van der Waals surface area contributed by atoms with Gasteiger partial charge in [-0.2, -0.15) is 18.3 Å². The Morgan fingerprint density at radius 2 is 1.93 bits per heavy atom. The number of carbonyl (C=O) groups is 1. The zero-order valence-corrected chi connectivity index (χ0v) is 15.0. The van der Waals surface area contributed by atoms with Crippen LogP contribution in [-0.2, 0) is 6.18 Å². The summed E-state index contributed by atoms with van der Waals surface area (Å²) in [4.78, 5) is 21.1. The van der Waals surface area contributed by atoms with Crippen molar-refractivity contribution in [3.05, 3.63) is 54.1 Å². The van der Waals surface area contributed by atoms with Gasteiger partial charge in [-0.25, -0.2) is 19.2 Å². The summed E-state index contributed by atoms with van der Waals surface area (Å²) >= 11 is 1.09. The average Bonchev–Trinajstić information content (AvgIpc) is 3.31. The minimum absolute atomic E-state index is 0.163. The van der Waals surface area contributed by atoms with Crippen LogP contribution in [0, 0.1) is 5.82 Å². The first-order valence-electron chi connectivity index (χ1n) is 8.01. The molecular weight excluding hydrogens is 412 g/mol. The molecule has 12 heteroatoms. The van der Waals surface area contributed by atoms with Crippen molar-refractivity contribution in [1.82, 2.24) is 20.2 Å². The van der Waals surface area contributed by atoms with Crippen molar-refractivity contribution in [1.29, 1.82) is 0 Å². The predicted octanol–water partition coefficient (Wildman–Crippen LogP) is 4.88. The van der Waals surface area contributed by atoms with Crippen LogP contribution < -0.4 is 10.6 Å². The highest BCUT2D eigenvalue weighted by Gasteiger charge is 2.31. The van der Waals surface area contributed by atoms with E-state index in [9.17, 15) is 22.4 Å². The Kier molecular flexibility index (Phi) is 4.62. The molecule has 0 unspecified atom stereocenters. The Bertz CT molecular complexity index is 1200. The zero-order valence-electron chi connectivity index (χ0n) is 14.2. The Labute approximate surface area is 163 Å². The molecular formula is C17H10F4N6OS. The number of fused-ring (bicyclic) bond motifs is 1. The van der Waals surface area contributed by atoms with Gasteiger partial charge in [0.1, 0.15) is 5.82 Å². The van der Waals surface area contributed by atoms with E-state index >= 15 is 0 Å². The predicted molar refractivity (Wildman–Crippen MR) is 99.0 cm³/mol. The molecule has 0 saturated carbocycles. The minimum atomic E-state index is -4.66. The molecule has 0 radical (unpaired) electrons. The van der Waals surface area contributed by atoms with Gasteiger partial charge in [0, 0.05) is 11.6 Å². The van der Waals surface area contributed by atoms with Crippen molar-refractivity contribution >= 4 is 39.2 Å². The lowest BCUT2D eigenvalue weighted by Crippen LogP contribution is -2.20. The lowest BCUT2D eigenvalue weighted by atomic mass is 10.2. The van der Waals surface area contributed by atoms with Gasteiger partial charge in [-0.1, -0.05) is 11.3 Å². The molecule has 0 aliphatic carbocycles. The number of H-pyrrole nitrogens is 1. The van der Waals surface area contributed by atoms with Crippen LogP contribution in [0.15, 0.2) is 42.7 Å². The molecule has 0 bridgehead atoms. The number of thiazole rings is 1. The summed E-state index contributed by atoms with van der Waals surface area (Å²) in [6.07, 6.45) is -1.55. The minimum Gasteiger partial charge on any atom is -0.305 e. The monoisotopic (exact) mass is 422 g/mol. The molecule has 3 heterocycles. The fraction of sp³-hybridized carbons (Fsp3) is 0.0588. The number of aromatic nitrogens is 4. The number of benzene rings is 1. The number of aromatic amines is 1. The van der Waals surface area contributed by atoms with Crippen LogP contribution in [0.2, 0.25) is 0 Å². The molecule has 3 N–H and O–H groups in total. The summed E-state index contributed by atoms with van der Waals surface area (Å²) in [7, 11) is 0. The summed E-state index contributed by atoms with van der Waals surface area (Å²) < 4.78 is 52.0. The molecule has 1 aromatic carbocycles. The molecule has 0 atom stereocenters. The molecule has 2 amide bonds. The smallest absolute Gasteiger partial charge is 0.305 e. The molecule has 4 aromatic rings. The maximum atomic E-state index is 13.7. The highest BCUT2D eigenvalue weighted by Crippen LogP contribution is 2.32. The second-order valence-corrected chi connectivity index (χ2v) is 6.84. The van der Waals surface area contributed by atoms with Gasteiger partial charge in [0.25, 0.3) is 0 Å². The lowest BCUT2D eigenvalue weighted by Gasteiger charge is -2.11. The maximum Gasteiger partial charge on any atom is 0.416 e. The fourth-order valence-corrected chi connectivity index (χ4v) is 3.24. The molecule has 0 saturated heterocycles.